The van der Waals surface area contributed by atoms with Crippen molar-refractivity contribution in [3.8, 4) is 0 Å². The van der Waals surface area contributed by atoms with E-state index >= 15 is 0 Å². The summed E-state index contributed by atoms with van der Waals surface area (Å²) in [4.78, 5) is 12.2. The van der Waals surface area contributed by atoms with E-state index in [9.17, 15) is 4.79 Å². The Balaban J connectivity index is 2.80. The lowest BCUT2D eigenvalue weighted by molar-refractivity contribution is 0.102. The second-order valence-electron chi connectivity index (χ2n) is 3.61. The lowest BCUT2D eigenvalue weighted by Crippen LogP contribution is -1.88. The number of fused-ring (bicyclic) bond motifs is 1. The van der Waals surface area contributed by atoms with Gasteiger partial charge in [0.15, 0.2) is 5.78 Å². The zero-order valence-electron chi connectivity index (χ0n) is 8.55. The van der Waals surface area contributed by atoms with Gasteiger partial charge in [-0.3, -0.25) is 4.79 Å². The summed E-state index contributed by atoms with van der Waals surface area (Å²) in [5.41, 5.74) is 2.37. The minimum atomic E-state index is 0.168. The molecule has 0 fully saturated rings. The summed E-state index contributed by atoms with van der Waals surface area (Å²) in [6.45, 7) is 5.73. The lowest BCUT2D eigenvalue weighted by Gasteiger charge is -1.94. The first-order chi connectivity index (χ1) is 6.59. The second-order valence-corrected chi connectivity index (χ2v) is 4.66. The molecule has 0 saturated carbocycles. The smallest absolute Gasteiger partial charge is 0.170 e. The largest absolute Gasteiger partial charge is 0.294 e. The van der Waals surface area contributed by atoms with Crippen LogP contribution < -0.4 is 0 Å². The molecule has 72 valence electrons. The maximum absolute atomic E-state index is 11.3. The molecule has 2 rings (SSSR count). The van der Waals surface area contributed by atoms with E-state index in [-0.39, 0.29) is 5.78 Å². The summed E-state index contributed by atoms with van der Waals surface area (Å²) >= 11 is 1.59. The number of thiophene rings is 1. The zero-order chi connectivity index (χ0) is 10.3. The number of benzene rings is 1. The molecule has 1 aromatic carbocycles. The third kappa shape index (κ3) is 1.36. The van der Waals surface area contributed by atoms with Gasteiger partial charge in [-0.1, -0.05) is 17.7 Å². The first-order valence-corrected chi connectivity index (χ1v) is 5.42. The van der Waals surface area contributed by atoms with Gasteiger partial charge >= 0.3 is 0 Å². The molecule has 1 aromatic heterocycles. The molecule has 0 saturated heterocycles. The summed E-state index contributed by atoms with van der Waals surface area (Å²) < 4.78 is 1.21. The van der Waals surface area contributed by atoms with Crippen LogP contribution in [0.3, 0.4) is 0 Å². The van der Waals surface area contributed by atoms with E-state index in [0.717, 1.165) is 10.4 Å². The summed E-state index contributed by atoms with van der Waals surface area (Å²) in [5, 5.41) is 1.22. The van der Waals surface area contributed by atoms with Gasteiger partial charge in [0.25, 0.3) is 0 Å². The van der Waals surface area contributed by atoms with Crippen molar-refractivity contribution in [1.29, 1.82) is 0 Å². The standard InChI is InChI=1S/C12H12OS/c1-7-4-5-11-10(6-7)8(2)12(14-11)9(3)13/h4-6H,1-3H3. The van der Waals surface area contributed by atoms with Crippen molar-refractivity contribution in [2.45, 2.75) is 20.8 Å². The highest BCUT2D eigenvalue weighted by atomic mass is 32.1. The molecule has 0 amide bonds. The fourth-order valence-corrected chi connectivity index (χ4v) is 2.76. The Morgan fingerprint density at radius 2 is 2.00 bits per heavy atom. The maximum atomic E-state index is 11.3. The molecular weight excluding hydrogens is 192 g/mol. The van der Waals surface area contributed by atoms with Crippen molar-refractivity contribution in [3.63, 3.8) is 0 Å². The number of hydrogen-bond acceptors (Lipinski definition) is 2. The minimum Gasteiger partial charge on any atom is -0.294 e. The number of carbonyl (C=O) groups is 1. The van der Waals surface area contributed by atoms with Crippen LogP contribution in [0.15, 0.2) is 18.2 Å². The summed E-state index contributed by atoms with van der Waals surface area (Å²) in [5.74, 6) is 0.168. The van der Waals surface area contributed by atoms with Gasteiger partial charge in [-0.25, -0.2) is 0 Å². The van der Waals surface area contributed by atoms with Crippen LogP contribution in [-0.2, 0) is 0 Å². The van der Waals surface area contributed by atoms with Gasteiger partial charge in [-0.2, -0.15) is 0 Å². The number of ketones is 1. The topological polar surface area (TPSA) is 17.1 Å². The van der Waals surface area contributed by atoms with Crippen LogP contribution in [0.1, 0.15) is 27.7 Å². The molecule has 2 aromatic rings. The van der Waals surface area contributed by atoms with E-state index in [0.29, 0.717) is 0 Å². The molecule has 0 bridgehead atoms. The Hall–Kier alpha value is -1.15. The Labute approximate surface area is 87.4 Å². The van der Waals surface area contributed by atoms with Gasteiger partial charge < -0.3 is 0 Å². The van der Waals surface area contributed by atoms with Crippen molar-refractivity contribution < 1.29 is 4.79 Å². The molecule has 0 radical (unpaired) electrons. The number of Topliss-reactive ketones (excluding diaryl/α,β-unsaturated/α-hetero) is 1. The molecule has 0 N–H and O–H groups in total. The maximum Gasteiger partial charge on any atom is 0.170 e. The van der Waals surface area contributed by atoms with E-state index in [1.807, 2.05) is 6.92 Å². The predicted molar refractivity (Wildman–Crippen MR) is 61.3 cm³/mol. The van der Waals surface area contributed by atoms with E-state index in [1.54, 1.807) is 18.3 Å². The zero-order valence-corrected chi connectivity index (χ0v) is 9.37. The Morgan fingerprint density at radius 3 is 2.64 bits per heavy atom. The monoisotopic (exact) mass is 204 g/mol. The van der Waals surface area contributed by atoms with Gasteiger partial charge in [0.05, 0.1) is 4.88 Å². The first kappa shape index (κ1) is 9.41. The second kappa shape index (κ2) is 3.21. The molecule has 1 heterocycles. The van der Waals surface area contributed by atoms with Gasteiger partial charge in [0.2, 0.25) is 0 Å². The number of hydrogen-bond donors (Lipinski definition) is 0. The summed E-state index contributed by atoms with van der Waals surface area (Å²) in [7, 11) is 0. The van der Waals surface area contributed by atoms with Crippen molar-refractivity contribution in [2.75, 3.05) is 0 Å². The lowest BCUT2D eigenvalue weighted by atomic mass is 10.1. The average molecular weight is 204 g/mol. The fraction of sp³-hybridized carbons (Fsp3) is 0.250. The van der Waals surface area contributed by atoms with E-state index in [1.165, 1.54) is 15.6 Å². The van der Waals surface area contributed by atoms with Crippen LogP contribution in [-0.4, -0.2) is 5.78 Å². The normalized spacial score (nSPS) is 10.8. The molecule has 0 spiro atoms. The van der Waals surface area contributed by atoms with Crippen LogP contribution in [0.25, 0.3) is 10.1 Å². The van der Waals surface area contributed by atoms with E-state index in [2.05, 4.69) is 25.1 Å². The quantitative estimate of drug-likeness (QED) is 0.647. The summed E-state index contributed by atoms with van der Waals surface area (Å²) in [6, 6.07) is 6.32. The van der Waals surface area contributed by atoms with Crippen LogP contribution in [0.5, 0.6) is 0 Å². The Kier molecular flexibility index (Phi) is 2.16. The predicted octanol–water partition coefficient (Wildman–Crippen LogP) is 3.72. The van der Waals surface area contributed by atoms with Crippen molar-refractivity contribution in [1.82, 2.24) is 0 Å². The molecule has 1 nitrogen and oxygen atoms in total. The van der Waals surface area contributed by atoms with Crippen LogP contribution in [0, 0.1) is 13.8 Å². The van der Waals surface area contributed by atoms with Crippen molar-refractivity contribution in [3.05, 3.63) is 34.2 Å². The SMILES string of the molecule is CC(=O)c1sc2ccc(C)cc2c1C. The van der Waals surface area contributed by atoms with Gasteiger partial charge in [-0.15, -0.1) is 11.3 Å². The molecule has 0 aliphatic carbocycles. The minimum absolute atomic E-state index is 0.168. The van der Waals surface area contributed by atoms with E-state index in [4.69, 9.17) is 0 Å². The molecule has 2 heteroatoms. The molecular formula is C12H12OS. The van der Waals surface area contributed by atoms with Gasteiger partial charge in [0.1, 0.15) is 0 Å². The van der Waals surface area contributed by atoms with Crippen LogP contribution >= 0.6 is 11.3 Å². The highest BCUT2D eigenvalue weighted by Gasteiger charge is 2.11. The highest BCUT2D eigenvalue weighted by molar-refractivity contribution is 7.21. The summed E-state index contributed by atoms with van der Waals surface area (Å²) in [6.07, 6.45) is 0. The highest BCUT2D eigenvalue weighted by Crippen LogP contribution is 2.31. The van der Waals surface area contributed by atoms with Gasteiger partial charge in [-0.05, 0) is 37.8 Å². The number of aryl methyl sites for hydroxylation is 2. The van der Waals surface area contributed by atoms with E-state index < -0.39 is 0 Å². The Morgan fingerprint density at radius 1 is 1.29 bits per heavy atom. The van der Waals surface area contributed by atoms with Crippen molar-refractivity contribution in [2.24, 2.45) is 0 Å². The first-order valence-electron chi connectivity index (χ1n) is 4.60. The molecule has 0 unspecified atom stereocenters. The number of rotatable bonds is 1. The third-order valence-electron chi connectivity index (χ3n) is 2.41. The molecule has 0 atom stereocenters. The molecule has 14 heavy (non-hydrogen) atoms. The van der Waals surface area contributed by atoms with Crippen LogP contribution in [0.2, 0.25) is 0 Å². The molecule has 0 aliphatic rings. The fourth-order valence-electron chi connectivity index (χ4n) is 1.67. The molecule has 0 aliphatic heterocycles. The Bertz CT molecular complexity index is 508. The average Bonchev–Trinajstić information content (AvgIpc) is 2.44. The van der Waals surface area contributed by atoms with Crippen molar-refractivity contribution >= 4 is 27.2 Å². The van der Waals surface area contributed by atoms with Crippen LogP contribution in [0.4, 0.5) is 0 Å². The third-order valence-corrected chi connectivity index (χ3v) is 3.79. The van der Waals surface area contributed by atoms with Gasteiger partial charge in [0, 0.05) is 4.70 Å². The number of carbonyl (C=O) groups excluding carboxylic acids is 1.